The maximum Gasteiger partial charge on any atom is 0.306 e. The molecule has 2 unspecified atom stereocenters. The van der Waals surface area contributed by atoms with Crippen LogP contribution >= 0.6 is 0 Å². The Hall–Kier alpha value is -2.75. The van der Waals surface area contributed by atoms with Crippen molar-refractivity contribution < 1.29 is 42.9 Å². The van der Waals surface area contributed by atoms with Crippen molar-refractivity contribution in [2.24, 2.45) is 0 Å². The largest absolute Gasteiger partial charge is 0.545 e. The zero-order valence-corrected chi connectivity index (χ0v) is 45.0. The Bertz CT molecular complexity index is 1250. The predicted molar refractivity (Wildman–Crippen MR) is 283 cm³/mol. The molecule has 9 nitrogen and oxygen atoms in total. The summed E-state index contributed by atoms with van der Waals surface area (Å²) in [6.45, 7) is 4.67. The maximum absolute atomic E-state index is 12.9. The van der Waals surface area contributed by atoms with Crippen molar-refractivity contribution in [3.05, 3.63) is 48.6 Å². The summed E-state index contributed by atoms with van der Waals surface area (Å²) in [5, 5.41) is 11.8. The van der Waals surface area contributed by atoms with Gasteiger partial charge in [0.1, 0.15) is 13.2 Å². The van der Waals surface area contributed by atoms with Crippen LogP contribution in [0.2, 0.25) is 0 Å². The van der Waals surface area contributed by atoms with Crippen LogP contribution in [-0.2, 0) is 33.3 Å². The fourth-order valence-electron chi connectivity index (χ4n) is 8.00. The zero-order valence-electron chi connectivity index (χ0n) is 45.0. The maximum atomic E-state index is 12.9. The van der Waals surface area contributed by atoms with Crippen LogP contribution in [0.4, 0.5) is 0 Å². The van der Waals surface area contributed by atoms with Crippen molar-refractivity contribution in [2.75, 3.05) is 47.5 Å². The minimum absolute atomic E-state index is 0.148. The Balaban J connectivity index is 4.24. The first-order valence-electron chi connectivity index (χ1n) is 28.3. The summed E-state index contributed by atoms with van der Waals surface area (Å²) >= 11 is 0. The summed E-state index contributed by atoms with van der Waals surface area (Å²) in [7, 11) is 5.92. The molecule has 0 N–H and O–H groups in total. The number of carboxylic acid groups (broad SMARTS) is 1. The fourth-order valence-corrected chi connectivity index (χ4v) is 8.00. The summed E-state index contributed by atoms with van der Waals surface area (Å²) in [6.07, 6.45) is 58.6. The number of carbonyl (C=O) groups is 3. The zero-order chi connectivity index (χ0) is 49.9. The number of esters is 2. The van der Waals surface area contributed by atoms with E-state index in [0.29, 0.717) is 23.9 Å². The van der Waals surface area contributed by atoms with Gasteiger partial charge in [0.05, 0.1) is 40.3 Å². The first kappa shape index (κ1) is 65.2. The highest BCUT2D eigenvalue weighted by atomic mass is 16.7. The highest BCUT2D eigenvalue weighted by molar-refractivity contribution is 5.70. The number of allylic oxidation sites excluding steroid dienone is 8. The lowest BCUT2D eigenvalue weighted by molar-refractivity contribution is -0.870. The molecule has 0 aliphatic heterocycles. The first-order chi connectivity index (χ1) is 33.1. The monoisotopic (exact) mass is 958 g/mol. The molecule has 0 saturated carbocycles. The molecule has 0 aromatic rings. The molecule has 0 heterocycles. The van der Waals surface area contributed by atoms with Crippen LogP contribution in [0.15, 0.2) is 48.6 Å². The predicted octanol–water partition coefficient (Wildman–Crippen LogP) is 15.0. The lowest BCUT2D eigenvalue weighted by Crippen LogP contribution is -2.44. The number of quaternary nitrogens is 1. The van der Waals surface area contributed by atoms with E-state index in [0.717, 1.165) is 64.2 Å². The lowest BCUT2D eigenvalue weighted by Gasteiger charge is -2.26. The van der Waals surface area contributed by atoms with E-state index in [9.17, 15) is 19.5 Å². The quantitative estimate of drug-likeness (QED) is 0.0195. The van der Waals surface area contributed by atoms with E-state index >= 15 is 0 Å². The number of aliphatic carboxylic acids is 1. The molecule has 0 bridgehead atoms. The molecule has 0 rings (SSSR count). The molecule has 0 saturated heterocycles. The van der Waals surface area contributed by atoms with E-state index in [-0.39, 0.29) is 32.2 Å². The van der Waals surface area contributed by atoms with Crippen molar-refractivity contribution in [1.29, 1.82) is 0 Å². The number of carbonyl (C=O) groups excluding carboxylic acids is 3. The van der Waals surface area contributed by atoms with Crippen LogP contribution in [0.25, 0.3) is 0 Å². The Morgan fingerprint density at radius 2 is 0.838 bits per heavy atom. The van der Waals surface area contributed by atoms with Gasteiger partial charge in [-0.25, -0.2) is 0 Å². The van der Waals surface area contributed by atoms with Gasteiger partial charge in [-0.2, -0.15) is 0 Å². The van der Waals surface area contributed by atoms with Crippen molar-refractivity contribution in [3.63, 3.8) is 0 Å². The topological polar surface area (TPSA) is 111 Å². The van der Waals surface area contributed by atoms with Crippen molar-refractivity contribution in [3.8, 4) is 0 Å². The number of hydrogen-bond acceptors (Lipinski definition) is 8. The molecule has 0 amide bonds. The summed E-state index contributed by atoms with van der Waals surface area (Å²) < 4.78 is 22.7. The standard InChI is InChI=1S/C59H107NO8/c1-6-8-10-12-14-16-18-20-22-24-26-27-28-29-30-31-32-34-36-38-40-42-44-46-48-50-57(62)68-55(54-67-59(58(63)64)65-52-51-60(3,4)5)53-66-56(61)49-47-45-43-41-39-37-35-33-25-23-21-19-17-15-13-11-9-7-2/h8,10,14,16,20,22,26-27,55,59H,6-7,9,11-13,15,17-19,21,23-25,28-54H2,1-5H3/b10-8-,16-14-,22-20-,27-26-. The van der Waals surface area contributed by atoms with Crippen LogP contribution in [0.1, 0.15) is 251 Å². The van der Waals surface area contributed by atoms with Gasteiger partial charge in [-0.3, -0.25) is 9.59 Å². The van der Waals surface area contributed by atoms with Gasteiger partial charge in [-0.1, -0.05) is 236 Å². The number of nitrogens with zero attached hydrogens (tertiary/aromatic N) is 1. The molecule has 0 fully saturated rings. The molecule has 0 aliphatic rings. The van der Waals surface area contributed by atoms with Gasteiger partial charge >= 0.3 is 11.9 Å². The average Bonchev–Trinajstić information content (AvgIpc) is 3.30. The second kappa shape index (κ2) is 50.6. The Labute approximate surface area is 419 Å². The normalized spacial score (nSPS) is 13.1. The smallest absolute Gasteiger partial charge is 0.306 e. The molecule has 2 atom stereocenters. The third kappa shape index (κ3) is 51.1. The molecule has 0 radical (unpaired) electrons. The summed E-state index contributed by atoms with van der Waals surface area (Å²) in [5.74, 6) is -2.27. The number of unbranched alkanes of at least 4 members (excludes halogenated alkanes) is 29. The number of carboxylic acids is 1. The molecular weight excluding hydrogens is 851 g/mol. The van der Waals surface area contributed by atoms with Crippen LogP contribution in [0.5, 0.6) is 0 Å². The molecule has 0 aliphatic carbocycles. The van der Waals surface area contributed by atoms with Crippen LogP contribution in [-0.4, -0.2) is 82.3 Å². The fraction of sp³-hybridized carbons (Fsp3) is 0.814. The summed E-state index contributed by atoms with van der Waals surface area (Å²) in [4.78, 5) is 37.3. The van der Waals surface area contributed by atoms with E-state index < -0.39 is 24.3 Å². The van der Waals surface area contributed by atoms with E-state index in [4.69, 9.17) is 18.9 Å². The number of rotatable bonds is 52. The molecular formula is C59H107NO8. The van der Waals surface area contributed by atoms with Crippen molar-refractivity contribution in [1.82, 2.24) is 0 Å². The average molecular weight is 959 g/mol. The van der Waals surface area contributed by atoms with Gasteiger partial charge in [0.15, 0.2) is 12.4 Å². The molecule has 396 valence electrons. The molecule has 0 aromatic carbocycles. The minimum atomic E-state index is -1.62. The third-order valence-corrected chi connectivity index (χ3v) is 12.3. The molecule has 0 aromatic heterocycles. The highest BCUT2D eigenvalue weighted by Gasteiger charge is 2.22. The first-order valence-corrected chi connectivity index (χ1v) is 28.3. The number of hydrogen-bond donors (Lipinski definition) is 0. The Kier molecular flexibility index (Phi) is 48.6. The second-order valence-electron chi connectivity index (χ2n) is 20.2. The van der Waals surface area contributed by atoms with E-state index in [1.54, 1.807) is 0 Å². The molecule has 0 spiro atoms. The molecule has 68 heavy (non-hydrogen) atoms. The number of likely N-dealkylation sites (N-methyl/N-ethyl adjacent to an activating group) is 1. The molecule has 9 heteroatoms. The van der Waals surface area contributed by atoms with Gasteiger partial charge in [0.2, 0.25) is 0 Å². The third-order valence-electron chi connectivity index (χ3n) is 12.3. The van der Waals surface area contributed by atoms with Gasteiger partial charge < -0.3 is 33.3 Å². The van der Waals surface area contributed by atoms with Crippen molar-refractivity contribution in [2.45, 2.75) is 264 Å². The highest BCUT2D eigenvalue weighted by Crippen LogP contribution is 2.17. The lowest BCUT2D eigenvalue weighted by atomic mass is 10.0. The van der Waals surface area contributed by atoms with Gasteiger partial charge in [-0.15, -0.1) is 0 Å². The van der Waals surface area contributed by atoms with Crippen LogP contribution in [0, 0.1) is 0 Å². The van der Waals surface area contributed by atoms with Gasteiger partial charge in [0, 0.05) is 12.8 Å². The van der Waals surface area contributed by atoms with Gasteiger partial charge in [0.25, 0.3) is 0 Å². The van der Waals surface area contributed by atoms with Crippen molar-refractivity contribution >= 4 is 17.9 Å². The minimum Gasteiger partial charge on any atom is -0.545 e. The van der Waals surface area contributed by atoms with E-state index in [2.05, 4.69) is 62.5 Å². The SMILES string of the molecule is CC/C=C\C/C=C\C/C=C\C/C=C\CCCCCCCCCCCCCCC(=O)OC(COC(=O)CCCCCCCCCCCCCCCCCCCC)COC(OCC[N+](C)(C)C)C(=O)[O-]. The van der Waals surface area contributed by atoms with Gasteiger partial charge in [-0.05, 0) is 51.4 Å². The van der Waals surface area contributed by atoms with Crippen LogP contribution in [0.3, 0.4) is 0 Å². The Morgan fingerprint density at radius 3 is 1.25 bits per heavy atom. The van der Waals surface area contributed by atoms with Crippen LogP contribution < -0.4 is 5.11 Å². The number of ether oxygens (including phenoxy) is 4. The summed E-state index contributed by atoms with van der Waals surface area (Å²) in [6, 6.07) is 0. The van der Waals surface area contributed by atoms with E-state index in [1.165, 1.54) is 154 Å². The summed E-state index contributed by atoms with van der Waals surface area (Å²) in [5.41, 5.74) is 0. The second-order valence-corrected chi connectivity index (χ2v) is 20.2. The van der Waals surface area contributed by atoms with E-state index in [1.807, 2.05) is 21.1 Å². The Morgan fingerprint density at radius 1 is 0.456 bits per heavy atom.